The van der Waals surface area contributed by atoms with Crippen LogP contribution >= 0.6 is 11.8 Å². The molecule has 132 valence electrons. The van der Waals surface area contributed by atoms with Crippen LogP contribution in [-0.4, -0.2) is 52.6 Å². The van der Waals surface area contributed by atoms with Gasteiger partial charge in [-0.3, -0.25) is 0 Å². The third-order valence-electron chi connectivity index (χ3n) is 3.65. The Morgan fingerprint density at radius 3 is 2.50 bits per heavy atom. The topological polar surface area (TPSA) is 68.1 Å². The molecule has 0 aliphatic carbocycles. The molecule has 1 aromatic carbocycles. The van der Waals surface area contributed by atoms with Crippen molar-refractivity contribution in [3.8, 4) is 11.4 Å². The first-order valence-corrected chi connectivity index (χ1v) is 10.5. The lowest BCUT2D eigenvalue weighted by molar-refractivity contribution is 0.442. The zero-order valence-corrected chi connectivity index (χ0v) is 16.4. The van der Waals surface area contributed by atoms with Gasteiger partial charge in [0.25, 0.3) is 0 Å². The molecule has 0 fully saturated rings. The van der Waals surface area contributed by atoms with Crippen molar-refractivity contribution in [2.24, 2.45) is 0 Å². The Morgan fingerprint density at radius 1 is 1.25 bits per heavy atom. The number of rotatable bonds is 7. The minimum atomic E-state index is -3.21. The average molecular weight is 369 g/mol. The third-order valence-corrected chi connectivity index (χ3v) is 5.95. The molecule has 0 amide bonds. The van der Waals surface area contributed by atoms with Gasteiger partial charge in [0.05, 0.1) is 6.26 Å². The number of thioether (sulfide) groups is 1. The summed E-state index contributed by atoms with van der Waals surface area (Å²) in [6, 6.07) is 8.01. The molecule has 0 saturated heterocycles. The fourth-order valence-corrected chi connectivity index (χ4v) is 3.45. The smallest absolute Gasteiger partial charge is 0.211 e. The van der Waals surface area contributed by atoms with Crippen LogP contribution in [0.15, 0.2) is 29.4 Å². The summed E-state index contributed by atoms with van der Waals surface area (Å²) in [4.78, 5) is 0. The maximum atomic E-state index is 11.6. The Balaban J connectivity index is 2.38. The molecule has 0 unspecified atom stereocenters. The fraction of sp³-hybridized carbons (Fsp3) is 0.500. The molecule has 0 aliphatic heterocycles. The van der Waals surface area contributed by atoms with Crippen LogP contribution in [0.25, 0.3) is 11.4 Å². The number of aromatic nitrogens is 3. The first-order valence-electron chi connectivity index (χ1n) is 7.77. The van der Waals surface area contributed by atoms with Crippen molar-refractivity contribution in [1.29, 1.82) is 0 Å². The summed E-state index contributed by atoms with van der Waals surface area (Å²) >= 11 is 1.63. The van der Waals surface area contributed by atoms with Crippen LogP contribution < -0.4 is 0 Å². The number of hydrogen-bond acceptors (Lipinski definition) is 5. The van der Waals surface area contributed by atoms with Crippen molar-refractivity contribution in [2.75, 3.05) is 19.8 Å². The first kappa shape index (κ1) is 19.0. The fourth-order valence-electron chi connectivity index (χ4n) is 2.22. The molecule has 2 aromatic rings. The molecule has 1 heterocycles. The Hall–Kier alpha value is -1.38. The van der Waals surface area contributed by atoms with Crippen molar-refractivity contribution < 1.29 is 8.42 Å². The van der Waals surface area contributed by atoms with Gasteiger partial charge in [-0.25, -0.2) is 12.7 Å². The monoisotopic (exact) mass is 368 g/mol. The molecule has 24 heavy (non-hydrogen) atoms. The molecule has 0 aliphatic rings. The zero-order chi connectivity index (χ0) is 17.9. The highest BCUT2D eigenvalue weighted by Gasteiger charge is 2.18. The Labute approximate surface area is 148 Å². The van der Waals surface area contributed by atoms with Crippen LogP contribution in [0, 0.1) is 6.92 Å². The predicted molar refractivity (Wildman–Crippen MR) is 98.7 cm³/mol. The van der Waals surface area contributed by atoms with Gasteiger partial charge in [-0.1, -0.05) is 49.9 Å². The van der Waals surface area contributed by atoms with E-state index in [2.05, 4.69) is 24.0 Å². The maximum Gasteiger partial charge on any atom is 0.211 e. The van der Waals surface area contributed by atoms with Crippen LogP contribution in [0.3, 0.4) is 0 Å². The second kappa shape index (κ2) is 7.67. The molecule has 1 aromatic heterocycles. The molecule has 0 saturated carbocycles. The highest BCUT2D eigenvalue weighted by Crippen LogP contribution is 2.28. The number of benzene rings is 1. The molecule has 0 atom stereocenters. The molecule has 0 radical (unpaired) electrons. The lowest BCUT2D eigenvalue weighted by atomic mass is 10.1. The van der Waals surface area contributed by atoms with Crippen LogP contribution in [0.4, 0.5) is 0 Å². The summed E-state index contributed by atoms with van der Waals surface area (Å²) in [5.41, 5.74) is 2.13. The molecular formula is C16H24N4O2S2. The van der Waals surface area contributed by atoms with Gasteiger partial charge in [0, 0.05) is 31.0 Å². The van der Waals surface area contributed by atoms with Crippen LogP contribution in [0.2, 0.25) is 0 Å². The number of hydrogen-bond donors (Lipinski definition) is 0. The molecule has 0 bridgehead atoms. The van der Waals surface area contributed by atoms with E-state index >= 15 is 0 Å². The van der Waals surface area contributed by atoms with Gasteiger partial charge < -0.3 is 4.57 Å². The van der Waals surface area contributed by atoms with E-state index in [4.69, 9.17) is 0 Å². The normalized spacial score (nSPS) is 12.3. The third kappa shape index (κ3) is 4.58. The minimum absolute atomic E-state index is 0.366. The van der Waals surface area contributed by atoms with Crippen molar-refractivity contribution >= 4 is 21.8 Å². The number of likely N-dealkylation sites (N-methyl/N-ethyl adjacent to an activating group) is 1. The zero-order valence-electron chi connectivity index (χ0n) is 14.7. The molecule has 8 heteroatoms. The van der Waals surface area contributed by atoms with E-state index in [1.807, 2.05) is 35.8 Å². The summed E-state index contributed by atoms with van der Waals surface area (Å²) < 4.78 is 26.6. The van der Waals surface area contributed by atoms with Gasteiger partial charge in [-0.2, -0.15) is 0 Å². The Bertz CT molecular complexity index is 800. The van der Waals surface area contributed by atoms with Gasteiger partial charge in [0.1, 0.15) is 0 Å². The van der Waals surface area contributed by atoms with E-state index in [-0.39, 0.29) is 0 Å². The number of nitrogens with zero attached hydrogens (tertiary/aromatic N) is 4. The lowest BCUT2D eigenvalue weighted by Gasteiger charge is -2.17. The van der Waals surface area contributed by atoms with E-state index in [0.717, 1.165) is 22.1 Å². The molecule has 0 spiro atoms. The van der Waals surface area contributed by atoms with E-state index in [1.54, 1.807) is 18.8 Å². The van der Waals surface area contributed by atoms with E-state index in [0.29, 0.717) is 18.3 Å². The van der Waals surface area contributed by atoms with Gasteiger partial charge in [-0.05, 0) is 12.5 Å². The van der Waals surface area contributed by atoms with Crippen molar-refractivity contribution in [1.82, 2.24) is 19.1 Å². The van der Waals surface area contributed by atoms with Crippen molar-refractivity contribution in [3.63, 3.8) is 0 Å². The highest BCUT2D eigenvalue weighted by molar-refractivity contribution is 7.99. The van der Waals surface area contributed by atoms with E-state index in [1.165, 1.54) is 10.6 Å². The standard InChI is InChI=1S/C16H24N4O2S2/c1-12(2)23-16-18-17-15(14-9-7-6-8-13(14)3)20(16)11-10-19(4)24(5,21)22/h6-9,12H,10-11H2,1-5H3. The maximum absolute atomic E-state index is 11.6. The van der Waals surface area contributed by atoms with E-state index in [9.17, 15) is 8.42 Å². The number of sulfonamides is 1. The summed E-state index contributed by atoms with van der Waals surface area (Å²) in [5.74, 6) is 0.776. The van der Waals surface area contributed by atoms with Gasteiger partial charge >= 0.3 is 0 Å². The van der Waals surface area contributed by atoms with Crippen molar-refractivity contribution in [2.45, 2.75) is 37.7 Å². The van der Waals surface area contributed by atoms with Crippen LogP contribution in [-0.2, 0) is 16.6 Å². The molecule has 0 N–H and O–H groups in total. The molecule has 2 rings (SSSR count). The lowest BCUT2D eigenvalue weighted by Crippen LogP contribution is -2.29. The Morgan fingerprint density at radius 2 is 1.92 bits per heavy atom. The summed E-state index contributed by atoms with van der Waals surface area (Å²) in [6.07, 6.45) is 1.21. The van der Waals surface area contributed by atoms with Crippen LogP contribution in [0.1, 0.15) is 19.4 Å². The SMILES string of the molecule is Cc1ccccc1-c1nnc(SC(C)C)n1CCN(C)S(C)(=O)=O. The second-order valence-corrected chi connectivity index (χ2v) is 9.66. The van der Waals surface area contributed by atoms with Gasteiger partial charge in [0.15, 0.2) is 11.0 Å². The highest BCUT2D eigenvalue weighted by atomic mass is 32.2. The average Bonchev–Trinajstić information content (AvgIpc) is 2.86. The van der Waals surface area contributed by atoms with Gasteiger partial charge in [-0.15, -0.1) is 10.2 Å². The second-order valence-electron chi connectivity index (χ2n) is 6.02. The van der Waals surface area contributed by atoms with Gasteiger partial charge in [0.2, 0.25) is 10.0 Å². The molecule has 6 nitrogen and oxygen atoms in total. The van der Waals surface area contributed by atoms with E-state index < -0.39 is 10.0 Å². The largest absolute Gasteiger partial charge is 0.301 e. The molecular weight excluding hydrogens is 344 g/mol. The number of aryl methyl sites for hydroxylation is 1. The minimum Gasteiger partial charge on any atom is -0.301 e. The summed E-state index contributed by atoms with van der Waals surface area (Å²) in [7, 11) is -1.62. The quantitative estimate of drug-likeness (QED) is 0.703. The van der Waals surface area contributed by atoms with Crippen LogP contribution in [0.5, 0.6) is 0 Å². The summed E-state index contributed by atoms with van der Waals surface area (Å²) in [5, 5.41) is 9.86. The first-order chi connectivity index (χ1) is 11.2. The Kier molecular flexibility index (Phi) is 6.06. The predicted octanol–water partition coefficient (Wildman–Crippen LogP) is 2.65. The van der Waals surface area contributed by atoms with Crippen molar-refractivity contribution in [3.05, 3.63) is 29.8 Å². The summed E-state index contributed by atoms with van der Waals surface area (Å²) in [6.45, 7) is 7.11.